The minimum atomic E-state index is 0.153. The zero-order valence-electron chi connectivity index (χ0n) is 17.2. The van der Waals surface area contributed by atoms with Crippen LogP contribution < -0.4 is 4.90 Å². The largest absolute Gasteiger partial charge is 0.360 e. The van der Waals surface area contributed by atoms with Gasteiger partial charge in [0, 0.05) is 32.7 Å². The van der Waals surface area contributed by atoms with Gasteiger partial charge in [0.15, 0.2) is 5.16 Å². The summed E-state index contributed by atoms with van der Waals surface area (Å²) in [5.41, 5.74) is 1.38. The number of amides is 1. The average molecular weight is 433 g/mol. The first-order valence-electron chi connectivity index (χ1n) is 10.3. The topological polar surface area (TPSA) is 49.3 Å². The van der Waals surface area contributed by atoms with Gasteiger partial charge in [0.05, 0.1) is 5.75 Å². The van der Waals surface area contributed by atoms with Crippen LogP contribution in [0, 0.1) is 5.92 Å². The molecule has 2 aromatic rings. The molecule has 1 aliphatic rings. The van der Waals surface area contributed by atoms with E-state index in [1.807, 2.05) is 11.9 Å². The Bertz CT molecular complexity index is 797. The number of aromatic nitrogens is 2. The minimum absolute atomic E-state index is 0.153. The van der Waals surface area contributed by atoms with Crippen molar-refractivity contribution in [3.63, 3.8) is 0 Å². The van der Waals surface area contributed by atoms with Crippen molar-refractivity contribution in [3.8, 4) is 0 Å². The molecule has 0 unspecified atom stereocenters. The Kier molecular flexibility index (Phi) is 8.19. The predicted octanol–water partition coefficient (Wildman–Crippen LogP) is 4.55. The maximum Gasteiger partial charge on any atom is 0.233 e. The van der Waals surface area contributed by atoms with Crippen LogP contribution in [0.15, 0.2) is 41.6 Å². The second kappa shape index (κ2) is 10.8. The highest BCUT2D eigenvalue weighted by atomic mass is 35.5. The summed E-state index contributed by atoms with van der Waals surface area (Å²) in [5, 5.41) is 0.970. The number of anilines is 1. The molecule has 0 atom stereocenters. The fourth-order valence-corrected chi connectivity index (χ4v) is 4.63. The highest BCUT2D eigenvalue weighted by Crippen LogP contribution is 2.24. The highest BCUT2D eigenvalue weighted by Gasteiger charge is 2.23. The molecule has 1 aromatic heterocycles. The van der Waals surface area contributed by atoms with E-state index >= 15 is 0 Å². The Morgan fingerprint density at radius 3 is 2.66 bits per heavy atom. The maximum absolute atomic E-state index is 12.6. The van der Waals surface area contributed by atoms with E-state index in [1.54, 1.807) is 6.07 Å². The third-order valence-corrected chi connectivity index (χ3v) is 6.30. The number of benzene rings is 1. The Balaban J connectivity index is 1.48. The van der Waals surface area contributed by atoms with Crippen molar-refractivity contribution in [2.45, 2.75) is 37.8 Å². The van der Waals surface area contributed by atoms with Crippen molar-refractivity contribution in [3.05, 3.63) is 47.1 Å². The van der Waals surface area contributed by atoms with Crippen molar-refractivity contribution < 1.29 is 4.79 Å². The first kappa shape index (κ1) is 21.9. The number of hydrogen-bond donors (Lipinski definition) is 0. The Hall–Kier alpha value is -1.79. The van der Waals surface area contributed by atoms with E-state index in [4.69, 9.17) is 11.6 Å². The molecule has 1 fully saturated rings. The lowest BCUT2D eigenvalue weighted by Gasteiger charge is -2.32. The third kappa shape index (κ3) is 6.61. The summed E-state index contributed by atoms with van der Waals surface area (Å²) in [6.07, 6.45) is 4.25. The quantitative estimate of drug-likeness (QED) is 0.348. The molecule has 5 nitrogen and oxygen atoms in total. The van der Waals surface area contributed by atoms with E-state index in [9.17, 15) is 4.79 Å². The second-order valence-corrected chi connectivity index (χ2v) is 8.89. The molecule has 0 bridgehead atoms. The Morgan fingerprint density at radius 2 is 1.97 bits per heavy atom. The standard InChI is InChI=1S/C22H29ClN4OS/c1-3-11-26(2)20-15-19(23)24-22(25-20)29-16-21(28)27-12-9-18(10-13-27)14-17-7-5-4-6-8-17/h4-8,15,18H,3,9-14,16H2,1-2H3. The average Bonchev–Trinajstić information content (AvgIpc) is 2.73. The highest BCUT2D eigenvalue weighted by molar-refractivity contribution is 7.99. The van der Waals surface area contributed by atoms with Gasteiger partial charge in [0.1, 0.15) is 11.0 Å². The van der Waals surface area contributed by atoms with Crippen LogP contribution in [0.4, 0.5) is 5.82 Å². The molecule has 0 radical (unpaired) electrons. The SMILES string of the molecule is CCCN(C)c1cc(Cl)nc(SCC(=O)N2CCC(Cc3ccccc3)CC2)n1. The first-order chi connectivity index (χ1) is 14.0. The van der Waals surface area contributed by atoms with Crippen LogP contribution in [0.25, 0.3) is 0 Å². The molecule has 29 heavy (non-hydrogen) atoms. The number of halogens is 1. The molecule has 1 aliphatic heterocycles. The normalized spacial score (nSPS) is 14.8. The van der Waals surface area contributed by atoms with Gasteiger partial charge in [-0.25, -0.2) is 9.97 Å². The van der Waals surface area contributed by atoms with Gasteiger partial charge in [0.2, 0.25) is 5.91 Å². The summed E-state index contributed by atoms with van der Waals surface area (Å²) in [7, 11) is 1.99. The van der Waals surface area contributed by atoms with Gasteiger partial charge in [0.25, 0.3) is 0 Å². The van der Waals surface area contributed by atoms with Crippen molar-refractivity contribution in [2.24, 2.45) is 5.92 Å². The lowest BCUT2D eigenvalue weighted by Crippen LogP contribution is -2.39. The zero-order valence-corrected chi connectivity index (χ0v) is 18.8. The van der Waals surface area contributed by atoms with Gasteiger partial charge in [-0.05, 0) is 37.2 Å². The van der Waals surface area contributed by atoms with E-state index in [-0.39, 0.29) is 5.91 Å². The van der Waals surface area contributed by atoms with Gasteiger partial charge in [-0.3, -0.25) is 4.79 Å². The summed E-state index contributed by atoms with van der Waals surface area (Å²) in [6, 6.07) is 12.4. The number of nitrogens with zero attached hydrogens (tertiary/aromatic N) is 4. The molecule has 1 aromatic carbocycles. The van der Waals surface area contributed by atoms with Crippen LogP contribution in [0.2, 0.25) is 5.15 Å². The summed E-state index contributed by atoms with van der Waals surface area (Å²) in [5.74, 6) is 1.95. The lowest BCUT2D eigenvalue weighted by atomic mass is 9.90. The first-order valence-corrected chi connectivity index (χ1v) is 11.6. The monoisotopic (exact) mass is 432 g/mol. The maximum atomic E-state index is 12.6. The zero-order chi connectivity index (χ0) is 20.6. The van der Waals surface area contributed by atoms with Crippen LogP contribution in [0.5, 0.6) is 0 Å². The van der Waals surface area contributed by atoms with E-state index in [0.29, 0.717) is 22.0 Å². The van der Waals surface area contributed by atoms with Crippen LogP contribution in [0.1, 0.15) is 31.7 Å². The van der Waals surface area contributed by atoms with Crippen LogP contribution in [0.3, 0.4) is 0 Å². The number of carbonyl (C=O) groups excluding carboxylic acids is 1. The molecule has 3 rings (SSSR count). The number of rotatable bonds is 8. The van der Waals surface area contributed by atoms with Crippen LogP contribution in [-0.2, 0) is 11.2 Å². The fourth-order valence-electron chi connectivity index (χ4n) is 3.65. The van der Waals surface area contributed by atoms with E-state index < -0.39 is 0 Å². The predicted molar refractivity (Wildman–Crippen MR) is 121 cm³/mol. The Labute approximate surface area is 182 Å². The smallest absolute Gasteiger partial charge is 0.233 e. The van der Waals surface area contributed by atoms with E-state index in [1.165, 1.54) is 17.3 Å². The van der Waals surface area contributed by atoms with Crippen molar-refractivity contribution in [1.82, 2.24) is 14.9 Å². The fraction of sp³-hybridized carbons (Fsp3) is 0.500. The van der Waals surface area contributed by atoms with Gasteiger partial charge >= 0.3 is 0 Å². The molecule has 0 aliphatic carbocycles. The summed E-state index contributed by atoms with van der Waals surface area (Å²) >= 11 is 7.52. The second-order valence-electron chi connectivity index (χ2n) is 7.56. The van der Waals surface area contributed by atoms with Gasteiger partial charge in [-0.2, -0.15) is 0 Å². The van der Waals surface area contributed by atoms with Gasteiger partial charge in [-0.1, -0.05) is 60.6 Å². The molecular weight excluding hydrogens is 404 g/mol. The third-order valence-electron chi connectivity index (χ3n) is 5.27. The van der Waals surface area contributed by atoms with Crippen molar-refractivity contribution in [2.75, 3.05) is 37.3 Å². The molecule has 0 N–H and O–H groups in total. The summed E-state index contributed by atoms with van der Waals surface area (Å²) in [4.78, 5) is 25.5. The number of piperidine rings is 1. The number of carbonyl (C=O) groups is 1. The lowest BCUT2D eigenvalue weighted by molar-refractivity contribution is -0.129. The minimum Gasteiger partial charge on any atom is -0.360 e. The number of likely N-dealkylation sites (tertiary alicyclic amines) is 1. The molecule has 0 spiro atoms. The van der Waals surface area contributed by atoms with Gasteiger partial charge in [-0.15, -0.1) is 0 Å². The molecule has 7 heteroatoms. The van der Waals surface area contributed by atoms with Gasteiger partial charge < -0.3 is 9.80 Å². The molecule has 2 heterocycles. The van der Waals surface area contributed by atoms with Crippen LogP contribution in [-0.4, -0.2) is 53.2 Å². The summed E-state index contributed by atoms with van der Waals surface area (Å²) in [6.45, 7) is 4.68. The van der Waals surface area contributed by atoms with E-state index in [2.05, 4.69) is 52.1 Å². The molecule has 1 amide bonds. The Morgan fingerprint density at radius 1 is 1.24 bits per heavy atom. The van der Waals surface area contributed by atoms with Crippen LogP contribution >= 0.6 is 23.4 Å². The molecular formula is C22H29ClN4OS. The number of hydrogen-bond acceptors (Lipinski definition) is 5. The molecule has 156 valence electrons. The molecule has 1 saturated heterocycles. The van der Waals surface area contributed by atoms with Crippen molar-refractivity contribution >= 4 is 35.1 Å². The summed E-state index contributed by atoms with van der Waals surface area (Å²) < 4.78 is 0. The van der Waals surface area contributed by atoms with E-state index in [0.717, 1.165) is 51.1 Å². The number of thioether (sulfide) groups is 1. The molecule has 0 saturated carbocycles. The van der Waals surface area contributed by atoms with Crippen molar-refractivity contribution in [1.29, 1.82) is 0 Å².